The average Bonchev–Trinajstić information content (AvgIpc) is 2.69. The van der Waals surface area contributed by atoms with E-state index in [2.05, 4.69) is 10.4 Å². The number of nitrogens with one attached hydrogen (secondary N) is 1. The number of aromatic hydroxyl groups is 2. The molecule has 0 aliphatic heterocycles. The molecule has 0 atom stereocenters. The van der Waals surface area contributed by atoms with Crippen LogP contribution in [0.25, 0.3) is 5.69 Å². The second-order valence-corrected chi connectivity index (χ2v) is 5.79. The number of rotatable bonds is 5. The molecule has 0 bridgehead atoms. The van der Waals surface area contributed by atoms with Crippen LogP contribution < -0.4 is 15.6 Å². The van der Waals surface area contributed by atoms with Gasteiger partial charge in [-0.05, 0) is 30.3 Å². The number of anilines is 1. The van der Waals surface area contributed by atoms with Gasteiger partial charge in [-0.1, -0.05) is 12.1 Å². The van der Waals surface area contributed by atoms with Crippen molar-refractivity contribution in [3.8, 4) is 22.9 Å². The first-order valence-corrected chi connectivity index (χ1v) is 8.16. The third kappa shape index (κ3) is 3.86. The molecule has 1 aromatic heterocycles. The summed E-state index contributed by atoms with van der Waals surface area (Å²) in [7, 11) is 1.41. The molecule has 148 valence electrons. The van der Waals surface area contributed by atoms with Crippen molar-refractivity contribution in [1.29, 1.82) is 0 Å². The first kappa shape index (κ1) is 19.4. The van der Waals surface area contributed by atoms with Gasteiger partial charge < -0.3 is 25.4 Å². The normalized spacial score (nSPS) is 10.4. The Balaban J connectivity index is 2.01. The quantitative estimate of drug-likeness (QED) is 0.474. The van der Waals surface area contributed by atoms with Crippen LogP contribution in [0.15, 0.2) is 53.3 Å². The maximum Gasteiger partial charge on any atom is 0.339 e. The van der Waals surface area contributed by atoms with Gasteiger partial charge in [0.05, 0.1) is 7.11 Å². The van der Waals surface area contributed by atoms with Crippen LogP contribution in [0.3, 0.4) is 0 Å². The Labute approximate surface area is 163 Å². The van der Waals surface area contributed by atoms with Crippen LogP contribution in [0.2, 0.25) is 0 Å². The molecule has 10 heteroatoms. The standard InChI is InChI=1S/C19H15N3O7/c1-29-15-5-3-2-4-12(15)22-16(25)9-14(24)17(21-22)18(26)20-10-6-7-13(23)11(8-10)19(27)28/h2-9,23-24H,1H3,(H,20,26)(H,27,28). The van der Waals surface area contributed by atoms with Crippen LogP contribution in [0.5, 0.6) is 17.2 Å². The van der Waals surface area contributed by atoms with E-state index >= 15 is 0 Å². The van der Waals surface area contributed by atoms with E-state index in [0.29, 0.717) is 5.75 Å². The number of carbonyl (C=O) groups excluding carboxylic acids is 1. The molecular formula is C19H15N3O7. The molecule has 1 amide bonds. The van der Waals surface area contributed by atoms with E-state index in [-0.39, 0.29) is 11.4 Å². The van der Waals surface area contributed by atoms with Gasteiger partial charge in [-0.15, -0.1) is 0 Å². The minimum absolute atomic E-state index is 0.0430. The number of amides is 1. The maximum atomic E-state index is 12.6. The zero-order valence-electron chi connectivity index (χ0n) is 15.0. The summed E-state index contributed by atoms with van der Waals surface area (Å²) in [5, 5.41) is 34.9. The topological polar surface area (TPSA) is 151 Å². The first-order chi connectivity index (χ1) is 13.8. The van der Waals surface area contributed by atoms with Gasteiger partial charge in [0.15, 0.2) is 11.4 Å². The van der Waals surface area contributed by atoms with Crippen molar-refractivity contribution in [3.05, 3.63) is 70.1 Å². The van der Waals surface area contributed by atoms with E-state index in [9.17, 15) is 24.6 Å². The fraction of sp³-hybridized carbons (Fsp3) is 0.0526. The van der Waals surface area contributed by atoms with Crippen molar-refractivity contribution in [2.45, 2.75) is 0 Å². The van der Waals surface area contributed by atoms with E-state index in [1.54, 1.807) is 24.3 Å². The lowest BCUT2D eigenvalue weighted by Crippen LogP contribution is -2.25. The number of phenols is 1. The third-order valence-corrected chi connectivity index (χ3v) is 3.92. The second-order valence-electron chi connectivity index (χ2n) is 5.79. The molecule has 0 saturated heterocycles. The molecule has 0 saturated carbocycles. The number of carboxylic acids is 1. The molecule has 3 rings (SSSR count). The number of carboxylic acid groups (broad SMARTS) is 1. The Morgan fingerprint density at radius 1 is 1.07 bits per heavy atom. The molecule has 10 nitrogen and oxygen atoms in total. The first-order valence-electron chi connectivity index (χ1n) is 8.16. The van der Waals surface area contributed by atoms with Gasteiger partial charge in [0, 0.05) is 11.8 Å². The number of methoxy groups -OCH3 is 1. The smallest absolute Gasteiger partial charge is 0.339 e. The van der Waals surface area contributed by atoms with Crippen LogP contribution in [0, 0.1) is 0 Å². The number of benzene rings is 2. The fourth-order valence-corrected chi connectivity index (χ4v) is 2.56. The molecule has 2 aromatic carbocycles. The Kier molecular flexibility index (Phi) is 5.17. The highest BCUT2D eigenvalue weighted by atomic mass is 16.5. The fourth-order valence-electron chi connectivity index (χ4n) is 2.56. The van der Waals surface area contributed by atoms with Gasteiger partial charge in [-0.3, -0.25) is 9.59 Å². The predicted molar refractivity (Wildman–Crippen MR) is 101 cm³/mol. The highest BCUT2D eigenvalue weighted by molar-refractivity contribution is 6.05. The van der Waals surface area contributed by atoms with Crippen molar-refractivity contribution in [3.63, 3.8) is 0 Å². The molecule has 0 radical (unpaired) electrons. The lowest BCUT2D eigenvalue weighted by molar-refractivity contribution is 0.0693. The third-order valence-electron chi connectivity index (χ3n) is 3.92. The minimum Gasteiger partial charge on any atom is -0.507 e. The Morgan fingerprint density at radius 2 is 1.79 bits per heavy atom. The number of hydrogen-bond acceptors (Lipinski definition) is 7. The van der Waals surface area contributed by atoms with Crippen LogP contribution in [-0.4, -0.2) is 44.1 Å². The number of aromatic nitrogens is 2. The summed E-state index contributed by atoms with van der Waals surface area (Å²) >= 11 is 0. The monoisotopic (exact) mass is 397 g/mol. The van der Waals surface area contributed by atoms with Crippen molar-refractivity contribution in [2.75, 3.05) is 12.4 Å². The number of carbonyl (C=O) groups is 2. The van der Waals surface area contributed by atoms with Gasteiger partial charge in [-0.2, -0.15) is 9.78 Å². The van der Waals surface area contributed by atoms with Gasteiger partial charge >= 0.3 is 5.97 Å². The van der Waals surface area contributed by atoms with Crippen LogP contribution in [-0.2, 0) is 0 Å². The van der Waals surface area contributed by atoms with Crippen LogP contribution in [0.1, 0.15) is 20.8 Å². The van der Waals surface area contributed by atoms with E-state index < -0.39 is 40.2 Å². The van der Waals surface area contributed by atoms with E-state index in [0.717, 1.165) is 22.9 Å². The van der Waals surface area contributed by atoms with E-state index in [1.165, 1.54) is 13.2 Å². The van der Waals surface area contributed by atoms with Crippen LogP contribution in [0.4, 0.5) is 5.69 Å². The highest BCUT2D eigenvalue weighted by Gasteiger charge is 2.19. The number of ether oxygens (including phenoxy) is 1. The highest BCUT2D eigenvalue weighted by Crippen LogP contribution is 2.24. The lowest BCUT2D eigenvalue weighted by atomic mass is 10.1. The summed E-state index contributed by atoms with van der Waals surface area (Å²) in [6.07, 6.45) is 0. The zero-order valence-corrected chi connectivity index (χ0v) is 15.0. The Bertz CT molecular complexity index is 1170. The summed E-state index contributed by atoms with van der Waals surface area (Å²) < 4.78 is 6.08. The molecule has 0 aliphatic carbocycles. The predicted octanol–water partition coefficient (Wildman–Crippen LogP) is 1.60. The van der Waals surface area contributed by atoms with Crippen molar-refractivity contribution < 1.29 is 29.6 Å². The Hall–Kier alpha value is -4.34. The SMILES string of the molecule is COc1ccccc1-n1nc(C(=O)Nc2ccc(O)c(C(=O)O)c2)c(O)cc1=O. The largest absolute Gasteiger partial charge is 0.507 e. The van der Waals surface area contributed by atoms with Gasteiger partial charge in [-0.25, -0.2) is 4.79 Å². The molecule has 0 spiro atoms. The summed E-state index contributed by atoms with van der Waals surface area (Å²) in [5.41, 5.74) is -1.28. The van der Waals surface area contributed by atoms with Crippen molar-refractivity contribution >= 4 is 17.6 Å². The van der Waals surface area contributed by atoms with Crippen molar-refractivity contribution in [2.24, 2.45) is 0 Å². The molecule has 29 heavy (non-hydrogen) atoms. The van der Waals surface area contributed by atoms with Gasteiger partial charge in [0.2, 0.25) is 0 Å². The zero-order chi connectivity index (χ0) is 21.1. The summed E-state index contributed by atoms with van der Waals surface area (Å²) in [6, 6.07) is 10.7. The number of aromatic carboxylic acids is 1. The average molecular weight is 397 g/mol. The molecule has 0 fully saturated rings. The summed E-state index contributed by atoms with van der Waals surface area (Å²) in [5.74, 6) is -3.08. The van der Waals surface area contributed by atoms with Crippen molar-refractivity contribution in [1.82, 2.24) is 9.78 Å². The minimum atomic E-state index is -1.38. The van der Waals surface area contributed by atoms with Gasteiger partial charge in [0.25, 0.3) is 11.5 Å². The molecule has 0 aliphatic rings. The molecule has 0 unspecified atom stereocenters. The van der Waals surface area contributed by atoms with Gasteiger partial charge in [0.1, 0.15) is 22.7 Å². The van der Waals surface area contributed by atoms with Crippen LogP contribution >= 0.6 is 0 Å². The lowest BCUT2D eigenvalue weighted by Gasteiger charge is -2.12. The number of para-hydroxylation sites is 2. The maximum absolute atomic E-state index is 12.6. The second kappa shape index (κ2) is 7.72. The number of nitrogens with zero attached hydrogens (tertiary/aromatic N) is 2. The summed E-state index contributed by atoms with van der Waals surface area (Å²) in [4.78, 5) is 35.9. The number of hydrogen-bond donors (Lipinski definition) is 4. The van der Waals surface area contributed by atoms with E-state index in [4.69, 9.17) is 9.84 Å². The van der Waals surface area contributed by atoms with E-state index in [1.807, 2.05) is 0 Å². The molecule has 1 heterocycles. The molecule has 3 aromatic rings. The Morgan fingerprint density at radius 3 is 2.48 bits per heavy atom. The molecule has 4 N–H and O–H groups in total. The molecular weight excluding hydrogens is 382 g/mol. The summed E-state index contributed by atoms with van der Waals surface area (Å²) in [6.45, 7) is 0.